The van der Waals surface area contributed by atoms with Crippen molar-refractivity contribution < 1.29 is 9.90 Å². The summed E-state index contributed by atoms with van der Waals surface area (Å²) in [5.74, 6) is 0.147. The summed E-state index contributed by atoms with van der Waals surface area (Å²) in [7, 11) is 0. The molecule has 0 heterocycles. The fourth-order valence-electron chi connectivity index (χ4n) is 2.42. The van der Waals surface area contributed by atoms with Gasteiger partial charge in [-0.1, -0.05) is 12.1 Å². The highest BCUT2D eigenvalue weighted by atomic mass is 32.2. The Balaban J connectivity index is 1.70. The Kier molecular flexibility index (Phi) is 3.33. The Labute approximate surface area is 112 Å². The number of hydrogen-bond acceptors (Lipinski definition) is 2. The number of carbonyl (C=O) groups is 1. The van der Waals surface area contributed by atoms with Crippen molar-refractivity contribution in [2.45, 2.75) is 48.2 Å². The monoisotopic (exact) mass is 262 g/mol. The second-order valence-corrected chi connectivity index (χ2v) is 6.80. The molecule has 1 N–H and O–H groups in total. The smallest absolute Gasteiger partial charge is 0.303 e. The van der Waals surface area contributed by atoms with Crippen LogP contribution in [0.3, 0.4) is 0 Å². The first-order valence-electron chi connectivity index (χ1n) is 6.71. The lowest BCUT2D eigenvalue weighted by Crippen LogP contribution is -2.08. The van der Waals surface area contributed by atoms with E-state index in [1.165, 1.54) is 36.1 Å². The Morgan fingerprint density at radius 1 is 1.22 bits per heavy atom. The van der Waals surface area contributed by atoms with Gasteiger partial charge < -0.3 is 5.11 Å². The summed E-state index contributed by atoms with van der Waals surface area (Å²) in [5, 5.41) is 9.83. The van der Waals surface area contributed by atoms with E-state index in [9.17, 15) is 4.79 Å². The molecule has 2 aliphatic carbocycles. The molecule has 0 aromatic heterocycles. The lowest BCUT2D eigenvalue weighted by atomic mass is 9.91. The summed E-state index contributed by atoms with van der Waals surface area (Å²) in [5.41, 5.74) is 1.21. The molecular weight excluding hydrogens is 244 g/mol. The lowest BCUT2D eigenvalue weighted by molar-refractivity contribution is -0.137. The normalized spacial score (nSPS) is 20.7. The van der Waals surface area contributed by atoms with Crippen molar-refractivity contribution in [3.63, 3.8) is 0 Å². The van der Waals surface area contributed by atoms with Crippen LogP contribution in [0.5, 0.6) is 0 Å². The molecule has 0 spiro atoms. The van der Waals surface area contributed by atoms with Crippen LogP contribution in [0.25, 0.3) is 0 Å². The number of benzene rings is 1. The first kappa shape index (κ1) is 12.1. The summed E-state index contributed by atoms with van der Waals surface area (Å²) >= 11 is 1.95. The van der Waals surface area contributed by atoms with Gasteiger partial charge in [0.25, 0.3) is 0 Å². The average Bonchev–Trinajstić information content (AvgIpc) is 3.21. The Hall–Kier alpha value is -0.960. The minimum absolute atomic E-state index is 0.225. The molecule has 2 fully saturated rings. The van der Waals surface area contributed by atoms with Crippen LogP contribution in [-0.4, -0.2) is 16.3 Å². The second kappa shape index (κ2) is 4.96. The van der Waals surface area contributed by atoms with E-state index >= 15 is 0 Å². The third-order valence-electron chi connectivity index (χ3n) is 3.72. The molecule has 0 aliphatic heterocycles. The maximum atomic E-state index is 10.9. The number of aliphatic carboxylic acids is 1. The molecule has 3 heteroatoms. The van der Waals surface area contributed by atoms with Gasteiger partial charge in [0.05, 0.1) is 6.42 Å². The SMILES string of the molecule is O=C(O)CC(c1ccc(SC2CC2)cc1)C1CC1. The third-order valence-corrected chi connectivity index (χ3v) is 5.07. The second-order valence-electron chi connectivity index (χ2n) is 5.43. The highest BCUT2D eigenvalue weighted by Crippen LogP contribution is 2.45. The van der Waals surface area contributed by atoms with Crippen LogP contribution in [0.2, 0.25) is 0 Å². The molecule has 0 bridgehead atoms. The highest BCUT2D eigenvalue weighted by molar-refractivity contribution is 8.00. The molecule has 18 heavy (non-hydrogen) atoms. The Morgan fingerprint density at radius 3 is 2.39 bits per heavy atom. The zero-order chi connectivity index (χ0) is 12.5. The third kappa shape index (κ3) is 3.08. The van der Waals surface area contributed by atoms with Gasteiger partial charge in [0.1, 0.15) is 0 Å². The van der Waals surface area contributed by atoms with Crippen molar-refractivity contribution in [2.24, 2.45) is 5.92 Å². The van der Waals surface area contributed by atoms with E-state index in [0.717, 1.165) is 5.25 Å². The predicted molar refractivity (Wildman–Crippen MR) is 73.0 cm³/mol. The van der Waals surface area contributed by atoms with Crippen molar-refractivity contribution in [3.8, 4) is 0 Å². The fraction of sp³-hybridized carbons (Fsp3) is 0.533. The maximum Gasteiger partial charge on any atom is 0.303 e. The van der Waals surface area contributed by atoms with Gasteiger partial charge in [0.2, 0.25) is 0 Å². The van der Waals surface area contributed by atoms with Gasteiger partial charge in [0.15, 0.2) is 0 Å². The molecule has 0 radical (unpaired) electrons. The van der Waals surface area contributed by atoms with Crippen LogP contribution in [0.15, 0.2) is 29.2 Å². The van der Waals surface area contributed by atoms with E-state index in [1.807, 2.05) is 11.8 Å². The minimum Gasteiger partial charge on any atom is -0.481 e. The van der Waals surface area contributed by atoms with Crippen LogP contribution in [0.1, 0.15) is 43.6 Å². The quantitative estimate of drug-likeness (QED) is 0.844. The minimum atomic E-state index is -0.677. The van der Waals surface area contributed by atoms with Gasteiger partial charge in [-0.2, -0.15) is 0 Å². The molecule has 3 rings (SSSR count). The summed E-state index contributed by atoms with van der Waals surface area (Å²) in [6.07, 6.45) is 5.35. The molecule has 1 unspecified atom stereocenters. The first-order chi connectivity index (χ1) is 8.72. The standard InChI is InChI=1S/C15H18O2S/c16-15(17)9-14(10-1-2-10)11-3-5-12(6-4-11)18-13-7-8-13/h3-6,10,13-14H,1-2,7-9H2,(H,16,17). The molecule has 96 valence electrons. The number of thioether (sulfide) groups is 1. The van der Waals surface area contributed by atoms with E-state index in [1.54, 1.807) is 0 Å². The molecule has 1 aromatic carbocycles. The van der Waals surface area contributed by atoms with Gasteiger partial charge in [-0.15, -0.1) is 11.8 Å². The van der Waals surface area contributed by atoms with Crippen LogP contribution in [0, 0.1) is 5.92 Å². The summed E-state index contributed by atoms with van der Waals surface area (Å²) in [6.45, 7) is 0. The molecule has 2 nitrogen and oxygen atoms in total. The van der Waals surface area contributed by atoms with E-state index in [0.29, 0.717) is 5.92 Å². The van der Waals surface area contributed by atoms with Crippen molar-refractivity contribution in [2.75, 3.05) is 0 Å². The fourth-order valence-corrected chi connectivity index (χ4v) is 3.47. The topological polar surface area (TPSA) is 37.3 Å². The van der Waals surface area contributed by atoms with Gasteiger partial charge >= 0.3 is 5.97 Å². The van der Waals surface area contributed by atoms with Gasteiger partial charge in [-0.3, -0.25) is 4.79 Å². The molecule has 2 saturated carbocycles. The maximum absolute atomic E-state index is 10.9. The van der Waals surface area contributed by atoms with E-state index in [4.69, 9.17) is 5.11 Å². The lowest BCUT2D eigenvalue weighted by Gasteiger charge is -2.14. The zero-order valence-electron chi connectivity index (χ0n) is 10.3. The molecule has 2 aliphatic rings. The number of carboxylic acid groups (broad SMARTS) is 1. The van der Waals surface area contributed by atoms with Crippen molar-refractivity contribution in [3.05, 3.63) is 29.8 Å². The largest absolute Gasteiger partial charge is 0.481 e. The molecule has 0 amide bonds. The Morgan fingerprint density at radius 2 is 1.89 bits per heavy atom. The number of carboxylic acids is 1. The first-order valence-corrected chi connectivity index (χ1v) is 7.59. The van der Waals surface area contributed by atoms with Crippen molar-refractivity contribution in [1.82, 2.24) is 0 Å². The van der Waals surface area contributed by atoms with Crippen LogP contribution in [0.4, 0.5) is 0 Å². The zero-order valence-corrected chi connectivity index (χ0v) is 11.2. The van der Waals surface area contributed by atoms with Crippen molar-refractivity contribution >= 4 is 17.7 Å². The van der Waals surface area contributed by atoms with Crippen LogP contribution < -0.4 is 0 Å². The number of hydrogen-bond donors (Lipinski definition) is 1. The average molecular weight is 262 g/mol. The van der Waals surface area contributed by atoms with E-state index in [2.05, 4.69) is 24.3 Å². The van der Waals surface area contributed by atoms with Gasteiger partial charge in [0, 0.05) is 10.1 Å². The summed E-state index contributed by atoms with van der Waals surface area (Å²) in [4.78, 5) is 12.3. The van der Waals surface area contributed by atoms with Crippen LogP contribution in [-0.2, 0) is 4.79 Å². The summed E-state index contributed by atoms with van der Waals surface area (Å²) < 4.78 is 0. The van der Waals surface area contributed by atoms with Crippen molar-refractivity contribution in [1.29, 1.82) is 0 Å². The molecule has 0 saturated heterocycles. The Bertz CT molecular complexity index is 432. The number of rotatable bonds is 6. The molecule has 1 aromatic rings. The van der Waals surface area contributed by atoms with E-state index < -0.39 is 5.97 Å². The highest BCUT2D eigenvalue weighted by Gasteiger charge is 2.33. The van der Waals surface area contributed by atoms with E-state index in [-0.39, 0.29) is 12.3 Å². The predicted octanol–water partition coefficient (Wildman–Crippen LogP) is 3.91. The van der Waals surface area contributed by atoms with Gasteiger partial charge in [-0.05, 0) is 55.2 Å². The molecular formula is C15H18O2S. The van der Waals surface area contributed by atoms with Crippen LogP contribution >= 0.6 is 11.8 Å². The summed E-state index contributed by atoms with van der Waals surface area (Å²) in [6, 6.07) is 8.60. The molecule has 1 atom stereocenters. The van der Waals surface area contributed by atoms with Gasteiger partial charge in [-0.25, -0.2) is 0 Å².